The van der Waals surface area contributed by atoms with E-state index in [2.05, 4.69) is 108 Å². The van der Waals surface area contributed by atoms with Gasteiger partial charge in [0.15, 0.2) is 0 Å². The van der Waals surface area contributed by atoms with E-state index in [0.29, 0.717) is 23.1 Å². The van der Waals surface area contributed by atoms with E-state index < -0.39 is 18.4 Å². The minimum Gasteiger partial charge on any atom is -0.517 e. The average Bonchev–Trinajstić information content (AvgIpc) is 3.18. The van der Waals surface area contributed by atoms with Crippen LogP contribution in [-0.4, -0.2) is 21.2 Å². The van der Waals surface area contributed by atoms with E-state index in [9.17, 15) is 10.1 Å². The van der Waals surface area contributed by atoms with E-state index >= 15 is 0 Å². The molecule has 43 heavy (non-hydrogen) atoms. The molecule has 236 valence electrons. The fourth-order valence-corrected chi connectivity index (χ4v) is 7.60. The van der Waals surface area contributed by atoms with Crippen molar-refractivity contribution in [2.24, 2.45) is 0 Å². The molecule has 3 aromatic carbocycles. The molecule has 0 N–H and O–H groups in total. The van der Waals surface area contributed by atoms with Gasteiger partial charge in [0.25, 0.3) is 0 Å². The van der Waals surface area contributed by atoms with Crippen molar-refractivity contribution in [3.63, 3.8) is 0 Å². The second-order valence-electron chi connectivity index (χ2n) is 12.8. The molecule has 1 fully saturated rings. The summed E-state index contributed by atoms with van der Waals surface area (Å²) in [7, 11) is 11.6. The number of hydrogen-bond acceptors (Lipinski definition) is 4. The number of anilines is 1. The van der Waals surface area contributed by atoms with Crippen molar-refractivity contribution in [1.82, 2.24) is 0 Å². The van der Waals surface area contributed by atoms with Gasteiger partial charge in [-0.1, -0.05) is 88.7 Å². The Hall–Kier alpha value is -2.27. The largest absolute Gasteiger partial charge is 0.517 e. The van der Waals surface area contributed by atoms with Crippen LogP contribution in [0.25, 0.3) is 0 Å². The maximum Gasteiger partial charge on any atom is 0.0145 e. The monoisotopic (exact) mass is 713 g/mol. The van der Waals surface area contributed by atoms with Gasteiger partial charge in [0.1, 0.15) is 0 Å². The minimum absolute atomic E-state index is 0.00360. The van der Waals surface area contributed by atoms with Gasteiger partial charge >= 0.3 is 112 Å². The third-order valence-electron chi connectivity index (χ3n) is 7.64. The standard InChI is InChI=1S/C25H34N.C10H11NO3.2ClH.Ru/c1-18(2)21-14-11-15-22(19(3)4)23(21)26-17-25(7,16-24(26,5)6)20-12-9-8-10-13-20;1-7(2)14-10-5-4-9(11(12)13)6-8(10)3;;;/h8-15,17-19H,16H2,1-7H3;3-7H,1-2H3;2*1H;/q-1;;;;+2/p-2/t25-;;;;/m1..../s1. The third kappa shape index (κ3) is 8.90. The molecule has 0 amide bonds. The quantitative estimate of drug-likeness (QED) is 0.101. The van der Waals surface area contributed by atoms with Gasteiger partial charge in [-0.15, -0.1) is 5.41 Å². The van der Waals surface area contributed by atoms with Gasteiger partial charge < -0.3 is 4.90 Å². The topological polar surface area (TPSA) is 55.6 Å². The van der Waals surface area contributed by atoms with Crippen LogP contribution in [-0.2, 0) is 18.9 Å². The molecule has 0 saturated carbocycles. The summed E-state index contributed by atoms with van der Waals surface area (Å²) < 4.78 is 7.17. The molecule has 1 saturated heterocycles. The molecule has 5 nitrogen and oxygen atoms in total. The first kappa shape index (κ1) is 35.2. The molecule has 8 heteroatoms. The van der Waals surface area contributed by atoms with Crippen molar-refractivity contribution in [1.29, 1.82) is 0 Å². The first-order valence-electron chi connectivity index (χ1n) is 14.7. The first-order chi connectivity index (χ1) is 20.1. The van der Waals surface area contributed by atoms with Gasteiger partial charge in [-0.25, -0.2) is 6.54 Å². The molecule has 0 aliphatic carbocycles. The summed E-state index contributed by atoms with van der Waals surface area (Å²) in [5.74, 6) is 1.58. The van der Waals surface area contributed by atoms with Crippen LogP contribution in [0.4, 0.5) is 11.4 Å². The second-order valence-corrected chi connectivity index (χ2v) is 18.5. The number of nitro groups is 1. The molecule has 1 heterocycles. The Morgan fingerprint density at radius 2 is 1.51 bits per heavy atom. The van der Waals surface area contributed by atoms with E-state index in [1.54, 1.807) is 10.7 Å². The van der Waals surface area contributed by atoms with E-state index in [1.807, 2.05) is 13.8 Å². The molecular formula is C35H45Cl2N2O3Ru-. The van der Waals surface area contributed by atoms with Crippen LogP contribution in [0, 0.1) is 16.7 Å². The van der Waals surface area contributed by atoms with Gasteiger partial charge in [-0.05, 0) is 43.2 Å². The van der Waals surface area contributed by atoms with Crippen molar-refractivity contribution in [3.8, 4) is 5.75 Å². The van der Waals surface area contributed by atoms with Crippen LogP contribution in [0.3, 0.4) is 0 Å². The van der Waals surface area contributed by atoms with Crippen molar-refractivity contribution in [2.75, 3.05) is 4.90 Å². The summed E-state index contributed by atoms with van der Waals surface area (Å²) in [4.78, 5) is 12.8. The Kier molecular flexibility index (Phi) is 12.0. The number of hydrogen-bond donors (Lipinski definition) is 0. The summed E-state index contributed by atoms with van der Waals surface area (Å²) in [5.41, 5.74) is 6.47. The Morgan fingerprint density at radius 1 is 0.930 bits per heavy atom. The number of non-ortho nitro benzene ring substituents is 1. The Morgan fingerprint density at radius 3 is 2.00 bits per heavy atom. The molecule has 1 aliphatic rings. The molecule has 1 aliphatic heterocycles. The molecule has 3 aromatic rings. The molecule has 1 atom stereocenters. The summed E-state index contributed by atoms with van der Waals surface area (Å²) in [6.45, 7) is 22.6. The van der Waals surface area contributed by atoms with E-state index in [0.717, 1.165) is 6.42 Å². The maximum absolute atomic E-state index is 10.7. The summed E-state index contributed by atoms with van der Waals surface area (Å²) in [5, 5.41) is 10.7. The maximum atomic E-state index is 10.7. The number of rotatable bonds is 8. The smallest absolute Gasteiger partial charge is 0.0145 e. The van der Waals surface area contributed by atoms with E-state index in [4.69, 9.17) is 24.1 Å². The molecule has 0 aromatic heterocycles. The van der Waals surface area contributed by atoms with Crippen molar-refractivity contribution in [2.45, 2.75) is 97.6 Å². The fourth-order valence-electron chi connectivity index (χ4n) is 5.82. The zero-order valence-electron chi connectivity index (χ0n) is 26.7. The zero-order valence-corrected chi connectivity index (χ0v) is 29.9. The predicted molar refractivity (Wildman–Crippen MR) is 180 cm³/mol. The van der Waals surface area contributed by atoms with Crippen molar-refractivity contribution < 1.29 is 23.2 Å². The van der Waals surface area contributed by atoms with Crippen LogP contribution in [0.1, 0.15) is 103 Å². The molecule has 0 unspecified atom stereocenters. The normalized spacial score (nSPS) is 18.0. The van der Waals surface area contributed by atoms with Gasteiger partial charge in [0.05, 0.1) is 0 Å². The van der Waals surface area contributed by atoms with E-state index in [-0.39, 0.29) is 22.7 Å². The number of ether oxygens (including phenoxy) is 1. The van der Waals surface area contributed by atoms with Crippen molar-refractivity contribution in [3.05, 3.63) is 106 Å². The van der Waals surface area contributed by atoms with Gasteiger partial charge in [-0.3, -0.25) is 0 Å². The first-order valence-corrected chi connectivity index (χ1v) is 20.2. The minimum atomic E-state index is -2.05. The van der Waals surface area contributed by atoms with Gasteiger partial charge in [0.2, 0.25) is 0 Å². The fraction of sp³-hybridized carbons (Fsp3) is 0.429. The van der Waals surface area contributed by atoms with Gasteiger partial charge in [-0.2, -0.15) is 0 Å². The molecule has 0 radical (unpaired) electrons. The van der Waals surface area contributed by atoms with Crippen LogP contribution in [0.2, 0.25) is 0 Å². The number of nitrogens with zero attached hydrogens (tertiary/aromatic N) is 2. The molecular weight excluding hydrogens is 668 g/mol. The molecule has 0 spiro atoms. The van der Waals surface area contributed by atoms with Crippen LogP contribution >= 0.6 is 19.4 Å². The summed E-state index contributed by atoms with van der Waals surface area (Å²) in [6.07, 6.45) is 1.10. The van der Waals surface area contributed by atoms with Crippen LogP contribution in [0.5, 0.6) is 5.75 Å². The van der Waals surface area contributed by atoms with E-state index in [1.165, 1.54) is 34.5 Å². The van der Waals surface area contributed by atoms with Crippen molar-refractivity contribution >= 4 is 35.4 Å². The number of halogens is 2. The van der Waals surface area contributed by atoms with Crippen LogP contribution in [0.15, 0.2) is 66.7 Å². The Balaban J connectivity index is 0.000000259. The van der Waals surface area contributed by atoms with Gasteiger partial charge in [0, 0.05) is 11.2 Å². The average molecular weight is 714 g/mol. The van der Waals surface area contributed by atoms with Crippen LogP contribution < -0.4 is 9.64 Å². The Bertz CT molecular complexity index is 1410. The predicted octanol–water partition coefficient (Wildman–Crippen LogP) is 10.5. The summed E-state index contributed by atoms with van der Waals surface area (Å²) >= 11 is -2.05. The third-order valence-corrected chi connectivity index (χ3v) is 9.47. The number of nitro benzene ring substituents is 1. The SMILES string of the molecule is CC(C)Oc1ccc([N+](=O)[O-])cc1[CH]=[Ru]([Cl])[Cl].CC(C)c1cccc(C(C)C)c1N1[CH-][C@](C)(c2ccccc2)CC1(C)C. The molecule has 4 rings (SSSR count). The molecule has 0 bridgehead atoms. The zero-order chi connectivity index (χ0) is 32.1. The second kappa shape index (κ2) is 14.7. The number of para-hydroxylation sites is 1. The number of benzene rings is 3. The Labute approximate surface area is 271 Å². The summed E-state index contributed by atoms with van der Waals surface area (Å²) in [6, 6.07) is 22.2.